The van der Waals surface area contributed by atoms with Crippen molar-refractivity contribution in [1.82, 2.24) is 0 Å². The zero-order valence-corrected chi connectivity index (χ0v) is 25.0. The lowest BCUT2D eigenvalue weighted by Gasteiger charge is -2.29. The molecule has 0 N–H and O–H groups in total. The lowest BCUT2D eigenvalue weighted by atomic mass is 9.35. The van der Waals surface area contributed by atoms with Crippen LogP contribution in [-0.4, -0.2) is 6.71 Å². The fraction of sp³-hybridized carbons (Fsp3) is 0.294. The summed E-state index contributed by atoms with van der Waals surface area (Å²) in [5.41, 5.74) is 8.77. The Labute approximate surface area is 232 Å². The van der Waals surface area contributed by atoms with Gasteiger partial charge in [-0.25, -0.2) is 0 Å². The summed E-state index contributed by atoms with van der Waals surface area (Å²) in [6, 6.07) is 30.5. The van der Waals surface area contributed by atoms with E-state index in [-0.39, 0.29) is 17.5 Å². The van der Waals surface area contributed by atoms with Gasteiger partial charge >= 0.3 is 0 Å². The Kier molecular flexibility index (Phi) is 7.76. The van der Waals surface area contributed by atoms with Gasteiger partial charge in [0.1, 0.15) is 11.5 Å². The molecule has 0 unspecified atom stereocenters. The van der Waals surface area contributed by atoms with Gasteiger partial charge in [0.05, 0.1) is 0 Å². The van der Waals surface area contributed by atoms with E-state index < -0.39 is 0 Å². The van der Waals surface area contributed by atoms with Crippen molar-refractivity contribution in [3.8, 4) is 11.5 Å². The number of benzene rings is 4. The zero-order chi connectivity index (χ0) is 27.0. The van der Waals surface area contributed by atoms with Crippen LogP contribution in [0.1, 0.15) is 63.8 Å². The van der Waals surface area contributed by atoms with Crippen LogP contribution < -0.4 is 21.1 Å². The van der Waals surface area contributed by atoms with Crippen molar-refractivity contribution in [2.75, 3.05) is 0 Å². The first-order valence-electron chi connectivity index (χ1n) is 13.1. The van der Waals surface area contributed by atoms with Crippen molar-refractivity contribution in [1.29, 1.82) is 0 Å². The molecule has 0 heterocycles. The Bertz CT molecular complexity index is 1340. The molecule has 0 aliphatic rings. The fourth-order valence-electron chi connectivity index (χ4n) is 5.21. The molecule has 0 fully saturated rings. The topological polar surface area (TPSA) is 9.23 Å². The maximum absolute atomic E-state index is 6.87. The molecule has 0 aliphatic carbocycles. The third-order valence-electron chi connectivity index (χ3n) is 7.04. The maximum Gasteiger partial charge on any atom is 0.242 e. The Morgan fingerprint density at radius 3 is 1.70 bits per heavy atom. The average molecular weight is 553 g/mol. The van der Waals surface area contributed by atoms with Crippen LogP contribution in [0.15, 0.2) is 89.4 Å². The van der Waals surface area contributed by atoms with E-state index in [0.29, 0.717) is 0 Å². The van der Waals surface area contributed by atoms with Crippen molar-refractivity contribution in [3.05, 3.63) is 112 Å². The van der Waals surface area contributed by atoms with Gasteiger partial charge in [-0.2, -0.15) is 0 Å². The van der Waals surface area contributed by atoms with Crippen LogP contribution in [0.4, 0.5) is 0 Å². The molecular weight excluding hydrogens is 515 g/mol. The molecule has 0 spiro atoms. The Morgan fingerprint density at radius 1 is 0.622 bits per heavy atom. The van der Waals surface area contributed by atoms with Crippen LogP contribution in [-0.2, 0) is 10.8 Å². The summed E-state index contributed by atoms with van der Waals surface area (Å²) < 4.78 is 7.88. The van der Waals surface area contributed by atoms with Crippen LogP contribution in [0.3, 0.4) is 0 Å². The number of ether oxygens (including phenoxy) is 1. The summed E-state index contributed by atoms with van der Waals surface area (Å²) in [7, 11) is 0. The van der Waals surface area contributed by atoms with E-state index in [1.165, 1.54) is 38.6 Å². The van der Waals surface area contributed by atoms with E-state index in [9.17, 15) is 0 Å². The number of para-hydroxylation sites is 1. The zero-order valence-electron chi connectivity index (χ0n) is 23.4. The van der Waals surface area contributed by atoms with Gasteiger partial charge in [0, 0.05) is 15.6 Å². The second kappa shape index (κ2) is 10.5. The molecule has 190 valence electrons. The Balaban J connectivity index is 1.91. The molecule has 4 aromatic carbocycles. The maximum atomic E-state index is 6.87. The number of hydrogen-bond donors (Lipinski definition) is 0. The summed E-state index contributed by atoms with van der Waals surface area (Å²) >= 11 is 3.81. The fourth-order valence-corrected chi connectivity index (χ4v) is 5.70. The lowest BCUT2D eigenvalue weighted by molar-refractivity contribution is 0.433. The van der Waals surface area contributed by atoms with Crippen LogP contribution >= 0.6 is 15.9 Å². The van der Waals surface area contributed by atoms with Crippen molar-refractivity contribution in [3.63, 3.8) is 0 Å². The number of rotatable bonds is 5. The van der Waals surface area contributed by atoms with Crippen molar-refractivity contribution in [2.45, 2.75) is 66.2 Å². The van der Waals surface area contributed by atoms with Gasteiger partial charge in [-0.15, -0.1) is 0 Å². The molecule has 0 saturated carbocycles. The summed E-state index contributed by atoms with van der Waals surface area (Å²) in [5.74, 6) is 1.81. The highest BCUT2D eigenvalue weighted by molar-refractivity contribution is 9.10. The third kappa shape index (κ3) is 6.04. The van der Waals surface area contributed by atoms with Gasteiger partial charge in [-0.3, -0.25) is 0 Å². The smallest absolute Gasteiger partial charge is 0.242 e. The number of hydrogen-bond acceptors (Lipinski definition) is 1. The van der Waals surface area contributed by atoms with E-state index in [4.69, 9.17) is 4.74 Å². The van der Waals surface area contributed by atoms with Gasteiger partial charge in [0.2, 0.25) is 6.71 Å². The third-order valence-corrected chi connectivity index (χ3v) is 7.50. The highest BCUT2D eigenvalue weighted by Crippen LogP contribution is 2.41. The molecule has 4 rings (SSSR count). The number of aryl methyl sites for hydroxylation is 2. The molecule has 1 nitrogen and oxygen atoms in total. The summed E-state index contributed by atoms with van der Waals surface area (Å²) in [6.07, 6.45) is 0. The second-order valence-electron chi connectivity index (χ2n) is 12.2. The molecular formula is C34H38BBrO. The molecule has 0 aromatic heterocycles. The molecule has 0 radical (unpaired) electrons. The van der Waals surface area contributed by atoms with E-state index in [2.05, 4.69) is 156 Å². The highest BCUT2D eigenvalue weighted by Gasteiger charge is 2.29. The van der Waals surface area contributed by atoms with Gasteiger partial charge < -0.3 is 4.74 Å². The summed E-state index contributed by atoms with van der Waals surface area (Å²) in [6.45, 7) is 18.0. The predicted octanol–water partition coefficient (Wildman–Crippen LogP) is 7.97. The van der Waals surface area contributed by atoms with E-state index in [0.717, 1.165) is 16.0 Å². The molecule has 0 aliphatic heterocycles. The van der Waals surface area contributed by atoms with Crippen molar-refractivity contribution < 1.29 is 4.74 Å². The minimum absolute atomic E-state index is 0.0454. The molecule has 0 bridgehead atoms. The van der Waals surface area contributed by atoms with Crippen molar-refractivity contribution >= 4 is 39.0 Å². The van der Waals surface area contributed by atoms with Crippen LogP contribution in [0.2, 0.25) is 0 Å². The first-order chi connectivity index (χ1) is 17.4. The summed E-state index contributed by atoms with van der Waals surface area (Å²) in [5, 5.41) is 0. The quantitative estimate of drug-likeness (QED) is 0.228. The molecule has 0 atom stereocenters. The molecule has 3 heteroatoms. The number of halogens is 1. The minimum Gasteiger partial charge on any atom is -0.457 e. The second-order valence-corrected chi connectivity index (χ2v) is 13.1. The standard InChI is InChI=1S/C34H38BBrO/c1-23-14-12-15-24(2)31(23)35(25-16-10-9-11-17-25)26-20-27(36)22-28(21-26)37-32-29(33(3,4)5)18-13-19-30(32)34(6,7)8/h9-22H,1-8H3. The molecule has 0 saturated heterocycles. The van der Waals surface area contributed by atoms with Gasteiger partial charge in [-0.1, -0.05) is 158 Å². The first kappa shape index (κ1) is 27.3. The summed E-state index contributed by atoms with van der Waals surface area (Å²) in [4.78, 5) is 0. The normalized spacial score (nSPS) is 11.9. The Morgan fingerprint density at radius 2 is 1.16 bits per heavy atom. The lowest BCUT2D eigenvalue weighted by Crippen LogP contribution is -2.53. The van der Waals surface area contributed by atoms with E-state index in [1.54, 1.807) is 0 Å². The molecule has 37 heavy (non-hydrogen) atoms. The average Bonchev–Trinajstić information content (AvgIpc) is 2.80. The molecule has 0 amide bonds. The largest absolute Gasteiger partial charge is 0.457 e. The first-order valence-corrected chi connectivity index (χ1v) is 13.9. The van der Waals surface area contributed by atoms with Crippen LogP contribution in [0, 0.1) is 13.8 Å². The van der Waals surface area contributed by atoms with E-state index in [1.807, 2.05) is 0 Å². The van der Waals surface area contributed by atoms with Crippen molar-refractivity contribution in [2.24, 2.45) is 0 Å². The van der Waals surface area contributed by atoms with Gasteiger partial charge in [0.15, 0.2) is 0 Å². The SMILES string of the molecule is Cc1cccc(C)c1B(c1ccccc1)c1cc(Br)cc(Oc2c(C(C)(C)C)cccc2C(C)(C)C)c1. The minimum atomic E-state index is -0.0454. The van der Waals surface area contributed by atoms with Gasteiger partial charge in [0.25, 0.3) is 0 Å². The monoisotopic (exact) mass is 552 g/mol. The molecule has 4 aromatic rings. The van der Waals surface area contributed by atoms with E-state index >= 15 is 0 Å². The predicted molar refractivity (Wildman–Crippen MR) is 165 cm³/mol. The van der Waals surface area contributed by atoms with Gasteiger partial charge in [-0.05, 0) is 36.8 Å². The Hall–Kier alpha value is -2.78. The van der Waals surface area contributed by atoms with Crippen LogP contribution in [0.5, 0.6) is 11.5 Å². The highest BCUT2D eigenvalue weighted by atomic mass is 79.9. The van der Waals surface area contributed by atoms with Crippen LogP contribution in [0.25, 0.3) is 0 Å².